The number of para-hydroxylation sites is 1. The second-order valence-electron chi connectivity index (χ2n) is 7.80. The minimum atomic E-state index is -4.49. The third-order valence-corrected chi connectivity index (χ3v) is 6.07. The fourth-order valence-electron chi connectivity index (χ4n) is 3.46. The number of nitrogens with zero attached hydrogens (tertiary/aromatic N) is 3. The van der Waals surface area contributed by atoms with Crippen molar-refractivity contribution >= 4 is 29.0 Å². The van der Waals surface area contributed by atoms with Gasteiger partial charge in [-0.3, -0.25) is 9.36 Å². The summed E-state index contributed by atoms with van der Waals surface area (Å²) in [4.78, 5) is 12.5. The van der Waals surface area contributed by atoms with Gasteiger partial charge in [0.2, 0.25) is 5.91 Å². The average Bonchev–Trinajstić information content (AvgIpc) is 3.30. The lowest BCUT2D eigenvalue weighted by molar-refractivity contribution is -0.137. The second-order valence-corrected chi connectivity index (χ2v) is 8.74. The molecule has 7 nitrogen and oxygen atoms in total. The van der Waals surface area contributed by atoms with Crippen molar-refractivity contribution in [1.29, 1.82) is 0 Å². The van der Waals surface area contributed by atoms with E-state index in [2.05, 4.69) is 20.8 Å². The van der Waals surface area contributed by atoms with Crippen molar-refractivity contribution in [1.82, 2.24) is 14.8 Å². The normalized spacial score (nSPS) is 11.2. The molecule has 1 heterocycles. The monoisotopic (exact) mass is 527 g/mol. The smallest absolute Gasteiger partial charge is 0.416 e. The van der Waals surface area contributed by atoms with Crippen LogP contribution >= 0.6 is 11.8 Å². The van der Waals surface area contributed by atoms with Crippen LogP contribution in [0.3, 0.4) is 0 Å². The van der Waals surface area contributed by atoms with Crippen molar-refractivity contribution in [3.05, 3.63) is 90.3 Å². The lowest BCUT2D eigenvalue weighted by atomic mass is 10.2. The van der Waals surface area contributed by atoms with Gasteiger partial charge < -0.3 is 15.4 Å². The molecule has 2 N–H and O–H groups in total. The van der Waals surface area contributed by atoms with Crippen molar-refractivity contribution in [3.8, 4) is 11.4 Å². The number of carbonyl (C=O) groups excluding carboxylic acids is 1. The summed E-state index contributed by atoms with van der Waals surface area (Å²) in [5.41, 5.74) is 0.939. The number of alkyl halides is 3. The van der Waals surface area contributed by atoms with Crippen LogP contribution in [0.2, 0.25) is 0 Å². The van der Waals surface area contributed by atoms with E-state index in [0.717, 1.165) is 41.0 Å². The summed E-state index contributed by atoms with van der Waals surface area (Å²) in [6.45, 7) is 2.88. The van der Waals surface area contributed by atoms with Gasteiger partial charge in [0.1, 0.15) is 5.75 Å². The molecule has 0 unspecified atom stereocenters. The molecule has 37 heavy (non-hydrogen) atoms. The Morgan fingerprint density at radius 3 is 2.43 bits per heavy atom. The van der Waals surface area contributed by atoms with E-state index in [1.54, 1.807) is 0 Å². The molecule has 3 aromatic carbocycles. The number of carbonyl (C=O) groups is 1. The molecule has 11 heteroatoms. The second kappa shape index (κ2) is 11.8. The van der Waals surface area contributed by atoms with E-state index in [9.17, 15) is 18.0 Å². The number of ether oxygens (including phenoxy) is 1. The summed E-state index contributed by atoms with van der Waals surface area (Å²) in [5.74, 6) is 0.887. The molecule has 0 bridgehead atoms. The van der Waals surface area contributed by atoms with Crippen molar-refractivity contribution < 1.29 is 22.7 Å². The van der Waals surface area contributed by atoms with E-state index in [0.29, 0.717) is 24.1 Å². The number of rotatable bonds is 10. The number of nitrogens with one attached hydrogen (secondary N) is 2. The first kappa shape index (κ1) is 26.1. The molecule has 0 saturated carbocycles. The number of thioether (sulfide) groups is 1. The van der Waals surface area contributed by atoms with E-state index in [1.807, 2.05) is 66.1 Å². The molecule has 0 fully saturated rings. The largest absolute Gasteiger partial charge is 0.494 e. The highest BCUT2D eigenvalue weighted by Crippen LogP contribution is 2.31. The number of amides is 1. The summed E-state index contributed by atoms with van der Waals surface area (Å²) >= 11 is 1.14. The van der Waals surface area contributed by atoms with Crippen LogP contribution in [-0.4, -0.2) is 33.0 Å². The Labute approximate surface area is 216 Å². The minimum Gasteiger partial charge on any atom is -0.494 e. The van der Waals surface area contributed by atoms with Crippen LogP contribution in [-0.2, 0) is 17.5 Å². The van der Waals surface area contributed by atoms with Gasteiger partial charge in [0.25, 0.3) is 0 Å². The summed E-state index contributed by atoms with van der Waals surface area (Å²) in [5, 5.41) is 14.9. The van der Waals surface area contributed by atoms with Crippen LogP contribution in [0.5, 0.6) is 5.75 Å². The zero-order chi connectivity index (χ0) is 26.3. The summed E-state index contributed by atoms with van der Waals surface area (Å²) in [6.07, 6.45) is -4.49. The Balaban J connectivity index is 1.45. The Kier molecular flexibility index (Phi) is 8.34. The third-order valence-electron chi connectivity index (χ3n) is 5.14. The first-order valence-corrected chi connectivity index (χ1v) is 12.4. The Bertz CT molecular complexity index is 1330. The molecule has 0 aliphatic heterocycles. The standard InChI is InChI=1S/C26H24F3N5O2S/c1-2-36-22-13-11-19(12-14-22)30-16-23-32-33-25(34(23)21-9-4-3-5-10-21)37-17-24(35)31-20-8-6-7-18(15-20)26(27,28)29/h3-15,30H,2,16-17H2,1H3,(H,31,35). The Hall–Kier alpha value is -3.99. The maximum atomic E-state index is 13.0. The molecule has 4 aromatic rings. The van der Waals surface area contributed by atoms with Crippen LogP contribution in [0.15, 0.2) is 84.0 Å². The quantitative estimate of drug-likeness (QED) is 0.245. The van der Waals surface area contributed by atoms with Crippen molar-refractivity contribution in [2.75, 3.05) is 23.0 Å². The molecule has 0 aliphatic rings. The molecular formula is C26H24F3N5O2S. The summed E-state index contributed by atoms with van der Waals surface area (Å²) in [6, 6.07) is 21.5. The van der Waals surface area contributed by atoms with Gasteiger partial charge in [0.15, 0.2) is 11.0 Å². The maximum absolute atomic E-state index is 13.0. The zero-order valence-corrected chi connectivity index (χ0v) is 20.6. The van der Waals surface area contributed by atoms with Crippen LogP contribution in [0.1, 0.15) is 18.3 Å². The average molecular weight is 528 g/mol. The van der Waals surface area contributed by atoms with E-state index in [4.69, 9.17) is 4.74 Å². The number of anilines is 2. The lowest BCUT2D eigenvalue weighted by Gasteiger charge is -2.12. The van der Waals surface area contributed by atoms with Gasteiger partial charge in [0, 0.05) is 17.1 Å². The Morgan fingerprint density at radius 2 is 1.73 bits per heavy atom. The molecule has 0 radical (unpaired) electrons. The Morgan fingerprint density at radius 1 is 0.973 bits per heavy atom. The van der Waals surface area contributed by atoms with Gasteiger partial charge in [-0.25, -0.2) is 0 Å². The van der Waals surface area contributed by atoms with Gasteiger partial charge in [-0.1, -0.05) is 36.0 Å². The molecule has 192 valence electrons. The molecular weight excluding hydrogens is 503 g/mol. The van der Waals surface area contributed by atoms with Gasteiger partial charge in [0.05, 0.1) is 24.5 Å². The number of benzene rings is 3. The van der Waals surface area contributed by atoms with E-state index in [1.165, 1.54) is 12.1 Å². The number of halogens is 3. The SMILES string of the molecule is CCOc1ccc(NCc2nnc(SCC(=O)Nc3cccc(C(F)(F)F)c3)n2-c2ccccc2)cc1. The van der Waals surface area contributed by atoms with Crippen LogP contribution in [0.25, 0.3) is 5.69 Å². The zero-order valence-electron chi connectivity index (χ0n) is 19.8. The summed E-state index contributed by atoms with van der Waals surface area (Å²) in [7, 11) is 0. The number of aromatic nitrogens is 3. The van der Waals surface area contributed by atoms with Crippen LogP contribution < -0.4 is 15.4 Å². The molecule has 0 atom stereocenters. The molecule has 0 spiro atoms. The van der Waals surface area contributed by atoms with Gasteiger partial charge in [-0.2, -0.15) is 13.2 Å². The summed E-state index contributed by atoms with van der Waals surface area (Å²) < 4.78 is 46.2. The van der Waals surface area contributed by atoms with Gasteiger partial charge in [-0.15, -0.1) is 10.2 Å². The molecule has 0 saturated heterocycles. The third kappa shape index (κ3) is 7.04. The molecule has 1 amide bonds. The fourth-order valence-corrected chi connectivity index (χ4v) is 4.23. The van der Waals surface area contributed by atoms with Crippen molar-refractivity contribution in [2.45, 2.75) is 24.8 Å². The predicted octanol–water partition coefficient (Wildman–Crippen LogP) is 6.03. The van der Waals surface area contributed by atoms with Crippen molar-refractivity contribution in [3.63, 3.8) is 0 Å². The van der Waals surface area contributed by atoms with Crippen LogP contribution in [0, 0.1) is 0 Å². The van der Waals surface area contributed by atoms with Crippen molar-refractivity contribution in [2.24, 2.45) is 0 Å². The number of hydrogen-bond acceptors (Lipinski definition) is 6. The molecule has 1 aromatic heterocycles. The van der Waals surface area contributed by atoms with Gasteiger partial charge in [-0.05, 0) is 61.5 Å². The van der Waals surface area contributed by atoms with E-state index in [-0.39, 0.29) is 11.4 Å². The highest BCUT2D eigenvalue weighted by molar-refractivity contribution is 7.99. The lowest BCUT2D eigenvalue weighted by Crippen LogP contribution is -2.15. The first-order chi connectivity index (χ1) is 17.8. The predicted molar refractivity (Wildman–Crippen MR) is 137 cm³/mol. The first-order valence-electron chi connectivity index (χ1n) is 11.4. The molecule has 0 aliphatic carbocycles. The van der Waals surface area contributed by atoms with Gasteiger partial charge >= 0.3 is 6.18 Å². The molecule has 4 rings (SSSR count). The highest BCUT2D eigenvalue weighted by atomic mass is 32.2. The van der Waals surface area contributed by atoms with E-state index >= 15 is 0 Å². The topological polar surface area (TPSA) is 81.1 Å². The minimum absolute atomic E-state index is 0.0620. The van der Waals surface area contributed by atoms with E-state index < -0.39 is 17.6 Å². The maximum Gasteiger partial charge on any atom is 0.416 e. The number of hydrogen-bond donors (Lipinski definition) is 2. The highest BCUT2D eigenvalue weighted by Gasteiger charge is 2.30. The van der Waals surface area contributed by atoms with Crippen LogP contribution in [0.4, 0.5) is 24.5 Å². The fraction of sp³-hybridized carbons (Fsp3) is 0.192.